The van der Waals surface area contributed by atoms with Crippen molar-refractivity contribution in [3.05, 3.63) is 79.0 Å². The third kappa shape index (κ3) is 5.63. The number of nitrogens with zero attached hydrogens (tertiary/aromatic N) is 3. The van der Waals surface area contributed by atoms with Crippen molar-refractivity contribution in [2.45, 2.75) is 6.42 Å². The third-order valence-corrected chi connectivity index (χ3v) is 5.48. The molecule has 1 aliphatic heterocycles. The molecule has 0 unspecified atom stereocenters. The smallest absolute Gasteiger partial charge is 0.319 e. The van der Waals surface area contributed by atoms with E-state index in [4.69, 9.17) is 0 Å². The minimum Gasteiger partial charge on any atom is -0.353 e. The average molecular weight is 430 g/mol. The summed E-state index contributed by atoms with van der Waals surface area (Å²) in [5.74, 6) is 0.993. The predicted octanol–water partition coefficient (Wildman–Crippen LogP) is 3.61. The van der Waals surface area contributed by atoms with Crippen LogP contribution in [0.5, 0.6) is 0 Å². The number of pyridine rings is 1. The van der Waals surface area contributed by atoms with Gasteiger partial charge in [-0.2, -0.15) is 0 Å². The van der Waals surface area contributed by atoms with Crippen LogP contribution in [0.1, 0.15) is 6.42 Å². The minimum absolute atomic E-state index is 0.0539. The summed E-state index contributed by atoms with van der Waals surface area (Å²) < 4.78 is 0. The molecule has 0 aliphatic carbocycles. The van der Waals surface area contributed by atoms with Gasteiger partial charge < -0.3 is 20.4 Å². The van der Waals surface area contributed by atoms with Crippen molar-refractivity contribution in [3.8, 4) is 11.1 Å². The van der Waals surface area contributed by atoms with Crippen LogP contribution in [0.25, 0.3) is 11.1 Å². The number of rotatable bonds is 6. The molecule has 0 bridgehead atoms. The topological polar surface area (TPSA) is 77.6 Å². The fourth-order valence-electron chi connectivity index (χ4n) is 3.72. The van der Waals surface area contributed by atoms with E-state index >= 15 is 0 Å². The second-order valence-electron chi connectivity index (χ2n) is 7.63. The maximum atomic E-state index is 12.5. The molecule has 164 valence electrons. The molecular formula is C25H27N5O2. The van der Waals surface area contributed by atoms with Gasteiger partial charge in [0, 0.05) is 51.0 Å². The molecule has 1 aliphatic rings. The first-order chi connectivity index (χ1) is 15.7. The Labute approximate surface area is 188 Å². The highest BCUT2D eigenvalue weighted by atomic mass is 16.2. The number of aromatic nitrogens is 1. The minimum atomic E-state index is -0.315. The number of hydrogen-bond acceptors (Lipinski definition) is 4. The Kier molecular flexibility index (Phi) is 6.97. The van der Waals surface area contributed by atoms with Crippen LogP contribution in [0.4, 0.5) is 16.3 Å². The number of benzene rings is 2. The van der Waals surface area contributed by atoms with Gasteiger partial charge in [0.15, 0.2) is 0 Å². The predicted molar refractivity (Wildman–Crippen MR) is 127 cm³/mol. The maximum absolute atomic E-state index is 12.5. The van der Waals surface area contributed by atoms with Crippen molar-refractivity contribution in [1.29, 1.82) is 0 Å². The third-order valence-electron chi connectivity index (χ3n) is 5.48. The maximum Gasteiger partial charge on any atom is 0.319 e. The van der Waals surface area contributed by atoms with Gasteiger partial charge in [-0.1, -0.05) is 48.5 Å². The van der Waals surface area contributed by atoms with Gasteiger partial charge in [0.25, 0.3) is 0 Å². The van der Waals surface area contributed by atoms with E-state index in [1.54, 1.807) is 6.20 Å². The molecule has 1 aromatic heterocycles. The Morgan fingerprint density at radius 3 is 2.19 bits per heavy atom. The average Bonchev–Trinajstić information content (AvgIpc) is 2.85. The number of hydrogen-bond donors (Lipinski definition) is 2. The Balaban J connectivity index is 1.17. The summed E-state index contributed by atoms with van der Waals surface area (Å²) in [5, 5.41) is 5.57. The quantitative estimate of drug-likeness (QED) is 0.628. The van der Waals surface area contributed by atoms with Crippen LogP contribution in [-0.4, -0.2) is 54.5 Å². The molecule has 0 atom stereocenters. The van der Waals surface area contributed by atoms with Gasteiger partial charge in [0.05, 0.1) is 0 Å². The van der Waals surface area contributed by atoms with E-state index in [-0.39, 0.29) is 18.4 Å². The molecule has 0 radical (unpaired) electrons. The molecular weight excluding hydrogens is 402 g/mol. The molecule has 1 fully saturated rings. The molecule has 2 heterocycles. The van der Waals surface area contributed by atoms with Crippen molar-refractivity contribution in [1.82, 2.24) is 15.2 Å². The summed E-state index contributed by atoms with van der Waals surface area (Å²) in [5.41, 5.74) is 2.92. The molecule has 4 rings (SSSR count). The van der Waals surface area contributed by atoms with Gasteiger partial charge in [-0.3, -0.25) is 4.79 Å². The number of urea groups is 1. The molecule has 3 amide bonds. The first-order valence-corrected chi connectivity index (χ1v) is 10.8. The fourth-order valence-corrected chi connectivity index (χ4v) is 3.72. The van der Waals surface area contributed by atoms with Gasteiger partial charge in [0.2, 0.25) is 5.91 Å². The van der Waals surface area contributed by atoms with E-state index in [1.165, 1.54) is 0 Å². The number of carbonyl (C=O) groups is 2. The second kappa shape index (κ2) is 10.4. The number of nitrogens with one attached hydrogen (secondary N) is 2. The van der Waals surface area contributed by atoms with Gasteiger partial charge in [0.1, 0.15) is 5.82 Å². The standard InChI is InChI=1S/C25H27N5O2/c31-24(30-18-16-29(17-19-30)23-8-4-5-14-26-23)13-15-27-25(32)28-22-11-9-21(10-12-22)20-6-2-1-3-7-20/h1-12,14H,13,15-19H2,(H2,27,28,32). The van der Waals surface area contributed by atoms with Crippen LogP contribution < -0.4 is 15.5 Å². The van der Waals surface area contributed by atoms with Crippen molar-refractivity contribution in [2.75, 3.05) is 42.9 Å². The Hall–Kier alpha value is -3.87. The van der Waals surface area contributed by atoms with Crippen LogP contribution in [0, 0.1) is 0 Å². The summed E-state index contributed by atoms with van der Waals surface area (Å²) in [6.07, 6.45) is 2.06. The lowest BCUT2D eigenvalue weighted by atomic mass is 10.1. The highest BCUT2D eigenvalue weighted by Crippen LogP contribution is 2.21. The Morgan fingerprint density at radius 1 is 0.812 bits per heavy atom. The zero-order valence-electron chi connectivity index (χ0n) is 17.9. The lowest BCUT2D eigenvalue weighted by Crippen LogP contribution is -2.49. The van der Waals surface area contributed by atoms with Crippen molar-refractivity contribution >= 4 is 23.4 Å². The zero-order valence-corrected chi connectivity index (χ0v) is 17.9. The van der Waals surface area contributed by atoms with Gasteiger partial charge in [-0.15, -0.1) is 0 Å². The van der Waals surface area contributed by atoms with Gasteiger partial charge in [-0.25, -0.2) is 9.78 Å². The van der Waals surface area contributed by atoms with E-state index in [0.717, 1.165) is 30.0 Å². The first kappa shape index (κ1) is 21.4. The largest absolute Gasteiger partial charge is 0.353 e. The summed E-state index contributed by atoms with van der Waals surface area (Å²) in [4.78, 5) is 33.0. The lowest BCUT2D eigenvalue weighted by molar-refractivity contribution is -0.131. The molecule has 7 heteroatoms. The number of piperazine rings is 1. The van der Waals surface area contributed by atoms with E-state index in [2.05, 4.69) is 20.5 Å². The zero-order chi connectivity index (χ0) is 22.2. The number of carbonyl (C=O) groups excluding carboxylic acids is 2. The molecule has 2 N–H and O–H groups in total. The van der Waals surface area contributed by atoms with Gasteiger partial charge >= 0.3 is 6.03 Å². The van der Waals surface area contributed by atoms with Crippen molar-refractivity contribution in [2.24, 2.45) is 0 Å². The van der Waals surface area contributed by atoms with Crippen LogP contribution in [0.3, 0.4) is 0 Å². The molecule has 7 nitrogen and oxygen atoms in total. The van der Waals surface area contributed by atoms with Crippen LogP contribution in [0.2, 0.25) is 0 Å². The van der Waals surface area contributed by atoms with Crippen molar-refractivity contribution in [3.63, 3.8) is 0 Å². The van der Waals surface area contributed by atoms with Crippen molar-refractivity contribution < 1.29 is 9.59 Å². The lowest BCUT2D eigenvalue weighted by Gasteiger charge is -2.35. The first-order valence-electron chi connectivity index (χ1n) is 10.8. The monoisotopic (exact) mass is 429 g/mol. The highest BCUT2D eigenvalue weighted by Gasteiger charge is 2.21. The molecule has 0 saturated carbocycles. The highest BCUT2D eigenvalue weighted by molar-refractivity contribution is 5.90. The SMILES string of the molecule is O=C(NCCC(=O)N1CCN(c2ccccn2)CC1)Nc1ccc(-c2ccccc2)cc1. The summed E-state index contributed by atoms with van der Waals surface area (Å²) in [6, 6.07) is 23.3. The Bertz CT molecular complexity index is 1020. The van der Waals surface area contributed by atoms with E-state index in [0.29, 0.717) is 25.3 Å². The summed E-state index contributed by atoms with van der Waals surface area (Å²) in [7, 11) is 0. The normalized spacial score (nSPS) is 13.5. The van der Waals surface area contributed by atoms with E-state index in [9.17, 15) is 9.59 Å². The Morgan fingerprint density at radius 2 is 1.50 bits per heavy atom. The summed E-state index contributed by atoms with van der Waals surface area (Å²) >= 11 is 0. The molecule has 0 spiro atoms. The molecule has 3 aromatic rings. The summed E-state index contributed by atoms with van der Waals surface area (Å²) in [6.45, 7) is 3.14. The molecule has 2 aromatic carbocycles. The van der Waals surface area contributed by atoms with Crippen LogP contribution in [-0.2, 0) is 4.79 Å². The van der Waals surface area contributed by atoms with E-state index in [1.807, 2.05) is 77.7 Å². The number of amides is 3. The second-order valence-corrected chi connectivity index (χ2v) is 7.63. The van der Waals surface area contributed by atoms with Crippen LogP contribution >= 0.6 is 0 Å². The van der Waals surface area contributed by atoms with E-state index < -0.39 is 0 Å². The number of anilines is 2. The van der Waals surface area contributed by atoms with Crippen LogP contribution in [0.15, 0.2) is 79.0 Å². The van der Waals surface area contributed by atoms with Gasteiger partial charge in [-0.05, 0) is 35.4 Å². The fraction of sp³-hybridized carbons (Fsp3) is 0.240. The molecule has 1 saturated heterocycles. The molecule has 32 heavy (non-hydrogen) atoms.